The molecular formula is C24H17N3O2. The molecule has 5 nitrogen and oxygen atoms in total. The molecule has 0 spiro atoms. The van der Waals surface area contributed by atoms with Crippen LogP contribution in [0.3, 0.4) is 0 Å². The highest BCUT2D eigenvalue weighted by Gasteiger charge is 2.22. The smallest absolute Gasteiger partial charge is 0.234 e. The largest absolute Gasteiger partial charge is 0.496 e. The maximum atomic E-state index is 13.6. The number of para-hydroxylation sites is 3. The lowest BCUT2D eigenvalue weighted by atomic mass is 9.99. The van der Waals surface area contributed by atoms with Gasteiger partial charge < -0.3 is 4.74 Å². The maximum Gasteiger partial charge on any atom is 0.234 e. The Balaban J connectivity index is 1.88. The number of ether oxygens (including phenoxy) is 1. The van der Waals surface area contributed by atoms with Crippen LogP contribution in [0.25, 0.3) is 27.8 Å². The van der Waals surface area contributed by atoms with E-state index in [1.165, 1.54) is 0 Å². The van der Waals surface area contributed by atoms with Gasteiger partial charge in [0, 0.05) is 28.7 Å². The third-order valence-corrected chi connectivity index (χ3v) is 5.04. The van der Waals surface area contributed by atoms with Crippen LogP contribution in [0.15, 0.2) is 85.2 Å². The van der Waals surface area contributed by atoms with Gasteiger partial charge in [0.2, 0.25) is 5.95 Å². The van der Waals surface area contributed by atoms with Crippen molar-refractivity contribution in [3.63, 3.8) is 0 Å². The Kier molecular flexibility index (Phi) is 4.06. The van der Waals surface area contributed by atoms with E-state index in [-0.39, 0.29) is 5.78 Å². The summed E-state index contributed by atoms with van der Waals surface area (Å²) >= 11 is 0. The van der Waals surface area contributed by atoms with Crippen molar-refractivity contribution in [1.82, 2.24) is 14.5 Å². The Labute approximate surface area is 167 Å². The third-order valence-electron chi connectivity index (χ3n) is 5.04. The van der Waals surface area contributed by atoms with E-state index >= 15 is 0 Å². The monoisotopic (exact) mass is 379 g/mol. The first-order valence-corrected chi connectivity index (χ1v) is 9.27. The topological polar surface area (TPSA) is 57.0 Å². The number of fused-ring (bicyclic) bond motifs is 3. The molecule has 5 heteroatoms. The molecule has 0 unspecified atom stereocenters. The standard InChI is InChI=1S/C24H17N3O2/c1-29-21-13-5-3-9-18(21)23(28)19-11-6-10-17-16-8-2-4-12-20(16)27(22(17)19)24-25-14-7-15-26-24/h2-15H,1H3. The van der Waals surface area contributed by atoms with Crippen LogP contribution in [0.4, 0.5) is 0 Å². The van der Waals surface area contributed by atoms with Gasteiger partial charge in [-0.25, -0.2) is 9.97 Å². The molecule has 0 aliphatic carbocycles. The Hall–Kier alpha value is -3.99. The fourth-order valence-corrected chi connectivity index (χ4v) is 3.79. The van der Waals surface area contributed by atoms with Crippen molar-refractivity contribution < 1.29 is 9.53 Å². The van der Waals surface area contributed by atoms with Gasteiger partial charge in [0.15, 0.2) is 5.78 Å². The van der Waals surface area contributed by atoms with Gasteiger partial charge in [-0.05, 0) is 30.3 Å². The number of carbonyl (C=O) groups is 1. The quantitative estimate of drug-likeness (QED) is 0.420. The number of carbonyl (C=O) groups excluding carboxylic acids is 1. The highest BCUT2D eigenvalue weighted by molar-refractivity contribution is 6.21. The van der Waals surface area contributed by atoms with E-state index in [0.717, 1.165) is 21.8 Å². The molecule has 2 aromatic heterocycles. The number of aromatic nitrogens is 3. The summed E-state index contributed by atoms with van der Waals surface area (Å²) in [5.74, 6) is 0.972. The highest BCUT2D eigenvalue weighted by Crippen LogP contribution is 2.34. The van der Waals surface area contributed by atoms with Crippen molar-refractivity contribution in [2.75, 3.05) is 7.11 Å². The van der Waals surface area contributed by atoms with Gasteiger partial charge in [0.25, 0.3) is 0 Å². The van der Waals surface area contributed by atoms with Crippen LogP contribution in [0.2, 0.25) is 0 Å². The fourth-order valence-electron chi connectivity index (χ4n) is 3.79. The molecule has 0 bridgehead atoms. The zero-order valence-electron chi connectivity index (χ0n) is 15.7. The van der Waals surface area contributed by atoms with Crippen LogP contribution < -0.4 is 4.74 Å². The van der Waals surface area contributed by atoms with Crippen LogP contribution >= 0.6 is 0 Å². The maximum absolute atomic E-state index is 13.6. The first kappa shape index (κ1) is 17.1. The summed E-state index contributed by atoms with van der Waals surface area (Å²) in [5.41, 5.74) is 2.84. The van der Waals surface area contributed by atoms with Crippen LogP contribution in [0, 0.1) is 0 Å². The second-order valence-corrected chi connectivity index (χ2v) is 6.63. The van der Waals surface area contributed by atoms with Crippen molar-refractivity contribution >= 4 is 27.6 Å². The van der Waals surface area contributed by atoms with Gasteiger partial charge in [-0.2, -0.15) is 0 Å². The molecule has 0 radical (unpaired) electrons. The summed E-state index contributed by atoms with van der Waals surface area (Å²) in [6, 6.07) is 22.9. The summed E-state index contributed by atoms with van der Waals surface area (Å²) < 4.78 is 7.37. The zero-order chi connectivity index (χ0) is 19.8. The van der Waals surface area contributed by atoms with E-state index in [4.69, 9.17) is 4.74 Å². The Bertz CT molecular complexity index is 1360. The fraction of sp³-hybridized carbons (Fsp3) is 0.0417. The van der Waals surface area contributed by atoms with Crippen molar-refractivity contribution in [3.8, 4) is 11.7 Å². The van der Waals surface area contributed by atoms with Crippen molar-refractivity contribution in [3.05, 3.63) is 96.3 Å². The van der Waals surface area contributed by atoms with Crippen molar-refractivity contribution in [2.24, 2.45) is 0 Å². The molecule has 3 aromatic carbocycles. The normalized spacial score (nSPS) is 11.1. The van der Waals surface area contributed by atoms with Crippen LogP contribution in [-0.4, -0.2) is 27.4 Å². The van der Waals surface area contributed by atoms with Gasteiger partial charge >= 0.3 is 0 Å². The predicted molar refractivity (Wildman–Crippen MR) is 113 cm³/mol. The molecule has 0 N–H and O–H groups in total. The van der Waals surface area contributed by atoms with Gasteiger partial charge in [-0.3, -0.25) is 9.36 Å². The van der Waals surface area contributed by atoms with E-state index in [1.807, 2.05) is 53.1 Å². The minimum absolute atomic E-state index is 0.104. The molecular weight excluding hydrogens is 362 g/mol. The number of hydrogen-bond donors (Lipinski definition) is 0. The number of rotatable bonds is 4. The van der Waals surface area contributed by atoms with E-state index in [0.29, 0.717) is 22.8 Å². The van der Waals surface area contributed by atoms with Crippen LogP contribution in [0.5, 0.6) is 5.75 Å². The zero-order valence-corrected chi connectivity index (χ0v) is 15.7. The van der Waals surface area contributed by atoms with E-state index in [2.05, 4.69) is 16.0 Å². The Morgan fingerprint density at radius 1 is 0.793 bits per heavy atom. The minimum atomic E-state index is -0.104. The lowest BCUT2D eigenvalue weighted by Gasteiger charge is -2.11. The number of ketones is 1. The number of benzene rings is 3. The molecule has 2 heterocycles. The number of hydrogen-bond acceptors (Lipinski definition) is 4. The molecule has 0 aliphatic heterocycles. The molecule has 5 aromatic rings. The number of methoxy groups -OCH3 is 1. The summed E-state index contributed by atoms with van der Waals surface area (Å²) in [6.07, 6.45) is 3.40. The molecule has 0 saturated carbocycles. The molecule has 5 rings (SSSR count). The second kappa shape index (κ2) is 6.87. The highest BCUT2D eigenvalue weighted by atomic mass is 16.5. The van der Waals surface area contributed by atoms with Gasteiger partial charge in [0.05, 0.1) is 23.7 Å². The SMILES string of the molecule is COc1ccccc1C(=O)c1cccc2c3ccccc3n(-c3ncccn3)c12. The van der Waals surface area contributed by atoms with Crippen LogP contribution in [0.1, 0.15) is 15.9 Å². The molecule has 0 amide bonds. The Morgan fingerprint density at radius 3 is 2.31 bits per heavy atom. The predicted octanol–water partition coefficient (Wildman–Crippen LogP) is 4.81. The summed E-state index contributed by atoms with van der Waals surface area (Å²) in [7, 11) is 1.57. The van der Waals surface area contributed by atoms with E-state index in [9.17, 15) is 4.79 Å². The molecule has 29 heavy (non-hydrogen) atoms. The van der Waals surface area contributed by atoms with Gasteiger partial charge in [-0.15, -0.1) is 0 Å². The minimum Gasteiger partial charge on any atom is -0.496 e. The summed E-state index contributed by atoms with van der Waals surface area (Å²) in [5, 5.41) is 2.03. The average molecular weight is 379 g/mol. The Morgan fingerprint density at radius 2 is 1.48 bits per heavy atom. The molecule has 0 aliphatic rings. The lowest BCUT2D eigenvalue weighted by Crippen LogP contribution is -2.08. The summed E-state index contributed by atoms with van der Waals surface area (Å²) in [4.78, 5) is 22.5. The van der Waals surface area contributed by atoms with Crippen molar-refractivity contribution in [2.45, 2.75) is 0 Å². The first-order valence-electron chi connectivity index (χ1n) is 9.27. The molecule has 0 fully saturated rings. The number of nitrogens with zero attached hydrogens (tertiary/aromatic N) is 3. The molecule has 0 saturated heterocycles. The van der Waals surface area contributed by atoms with Crippen LogP contribution in [-0.2, 0) is 0 Å². The lowest BCUT2D eigenvalue weighted by molar-refractivity contribution is 0.103. The van der Waals surface area contributed by atoms with E-state index in [1.54, 1.807) is 37.7 Å². The van der Waals surface area contributed by atoms with E-state index < -0.39 is 0 Å². The second-order valence-electron chi connectivity index (χ2n) is 6.63. The van der Waals surface area contributed by atoms with Gasteiger partial charge in [-0.1, -0.05) is 42.5 Å². The summed E-state index contributed by atoms with van der Waals surface area (Å²) in [6.45, 7) is 0. The third kappa shape index (κ3) is 2.67. The van der Waals surface area contributed by atoms with Gasteiger partial charge in [0.1, 0.15) is 5.75 Å². The average Bonchev–Trinajstić information content (AvgIpc) is 3.14. The first-order chi connectivity index (χ1) is 14.3. The van der Waals surface area contributed by atoms with Crippen molar-refractivity contribution in [1.29, 1.82) is 0 Å². The molecule has 140 valence electrons. The molecule has 0 atom stereocenters.